The van der Waals surface area contributed by atoms with Gasteiger partial charge in [-0.05, 0) is 20.8 Å². The number of ether oxygens (including phenoxy) is 4. The molecule has 0 saturated carbocycles. The number of carboxylic acids is 1. The molecule has 0 spiro atoms. The summed E-state index contributed by atoms with van der Waals surface area (Å²) in [6.07, 6.45) is -0.764. The van der Waals surface area contributed by atoms with Gasteiger partial charge in [-0.1, -0.05) is 0 Å². The summed E-state index contributed by atoms with van der Waals surface area (Å²) < 4.78 is 21.5. The number of morpholine rings is 1. The number of carboxylic acid groups (broad SMARTS) is 1. The van der Waals surface area contributed by atoms with Gasteiger partial charge in [-0.15, -0.1) is 0 Å². The molecule has 9 heteroatoms. The lowest BCUT2D eigenvalue weighted by atomic mass is 10.0. The van der Waals surface area contributed by atoms with E-state index >= 15 is 0 Å². The van der Waals surface area contributed by atoms with E-state index in [4.69, 9.17) is 18.9 Å². The topological polar surface area (TPSA) is 107 Å². The van der Waals surface area contributed by atoms with E-state index in [0.29, 0.717) is 44.2 Å². The monoisotopic (exact) mass is 396 g/mol. The van der Waals surface area contributed by atoms with Crippen LogP contribution in [-0.4, -0.2) is 68.2 Å². The van der Waals surface area contributed by atoms with Crippen molar-refractivity contribution < 1.29 is 33.6 Å². The van der Waals surface area contributed by atoms with Crippen LogP contribution in [0, 0.1) is 0 Å². The average molecular weight is 396 g/mol. The molecule has 0 unspecified atom stereocenters. The number of anilines is 1. The van der Waals surface area contributed by atoms with E-state index in [1.54, 1.807) is 20.8 Å². The Labute approximate surface area is 164 Å². The van der Waals surface area contributed by atoms with Crippen LogP contribution in [-0.2, 0) is 16.0 Å². The summed E-state index contributed by atoms with van der Waals surface area (Å²) in [7, 11) is 2.87. The molecule has 1 aliphatic heterocycles. The molecule has 1 saturated heterocycles. The molecule has 2 rings (SSSR count). The van der Waals surface area contributed by atoms with Crippen LogP contribution >= 0.6 is 0 Å². The van der Waals surface area contributed by atoms with Crippen molar-refractivity contribution in [2.24, 2.45) is 0 Å². The molecular weight excluding hydrogens is 368 g/mol. The lowest BCUT2D eigenvalue weighted by Crippen LogP contribution is -2.36. The molecule has 9 nitrogen and oxygen atoms in total. The lowest BCUT2D eigenvalue weighted by molar-refractivity contribution is 0.0335. The SMILES string of the molecule is COc1cc(NC(=O)OC(C)(C)C)c(C(=O)O)c(OC)c1CN1CCOCC1. The van der Waals surface area contributed by atoms with Crippen LogP contribution in [0.5, 0.6) is 11.5 Å². The third-order valence-corrected chi connectivity index (χ3v) is 4.10. The number of aromatic carboxylic acids is 1. The maximum atomic E-state index is 12.2. The Hall–Kier alpha value is -2.52. The smallest absolute Gasteiger partial charge is 0.412 e. The quantitative estimate of drug-likeness (QED) is 0.756. The van der Waals surface area contributed by atoms with Gasteiger partial charge in [-0.25, -0.2) is 9.59 Å². The molecular formula is C19H28N2O7. The Balaban J connectivity index is 2.45. The fourth-order valence-electron chi connectivity index (χ4n) is 2.94. The summed E-state index contributed by atoms with van der Waals surface area (Å²) in [5.74, 6) is -0.669. The molecule has 1 aromatic carbocycles. The highest BCUT2D eigenvalue weighted by atomic mass is 16.6. The zero-order valence-corrected chi connectivity index (χ0v) is 17.0. The van der Waals surface area contributed by atoms with Crippen molar-refractivity contribution in [2.75, 3.05) is 45.8 Å². The molecule has 0 atom stereocenters. The van der Waals surface area contributed by atoms with Gasteiger partial charge in [-0.2, -0.15) is 0 Å². The number of hydrogen-bond acceptors (Lipinski definition) is 7. The van der Waals surface area contributed by atoms with Gasteiger partial charge in [-0.3, -0.25) is 10.2 Å². The van der Waals surface area contributed by atoms with Crippen molar-refractivity contribution in [2.45, 2.75) is 32.9 Å². The summed E-state index contributed by atoms with van der Waals surface area (Å²) in [5.41, 5.74) is -0.240. The normalized spacial score (nSPS) is 15.0. The Morgan fingerprint density at radius 2 is 1.86 bits per heavy atom. The van der Waals surface area contributed by atoms with Crippen molar-refractivity contribution in [3.63, 3.8) is 0 Å². The number of methoxy groups -OCH3 is 2. The molecule has 0 radical (unpaired) electrons. The second kappa shape index (κ2) is 9.11. The average Bonchev–Trinajstić information content (AvgIpc) is 2.61. The van der Waals surface area contributed by atoms with Gasteiger partial charge in [0.15, 0.2) is 0 Å². The highest BCUT2D eigenvalue weighted by Gasteiger charge is 2.28. The molecule has 1 amide bonds. The molecule has 1 aliphatic rings. The van der Waals surface area contributed by atoms with E-state index in [1.807, 2.05) is 0 Å². The van der Waals surface area contributed by atoms with Crippen molar-refractivity contribution >= 4 is 17.7 Å². The molecule has 1 fully saturated rings. The summed E-state index contributed by atoms with van der Waals surface area (Å²) in [6, 6.07) is 1.48. The number of carbonyl (C=O) groups is 2. The van der Waals surface area contributed by atoms with E-state index in [1.165, 1.54) is 20.3 Å². The number of carbonyl (C=O) groups excluding carboxylic acids is 1. The highest BCUT2D eigenvalue weighted by Crippen LogP contribution is 2.39. The van der Waals surface area contributed by atoms with Crippen LogP contribution in [0.15, 0.2) is 6.07 Å². The molecule has 2 N–H and O–H groups in total. The highest BCUT2D eigenvalue weighted by molar-refractivity contribution is 6.02. The van der Waals surface area contributed by atoms with Crippen LogP contribution in [0.3, 0.4) is 0 Å². The zero-order chi connectivity index (χ0) is 20.9. The molecule has 0 bridgehead atoms. The third kappa shape index (κ3) is 5.49. The summed E-state index contributed by atoms with van der Waals surface area (Å²) in [4.78, 5) is 26.3. The standard InChI is InChI=1S/C19H28N2O7/c1-19(2,3)28-18(24)20-13-10-14(25-4)12(11-21-6-8-27-9-7-21)16(26-5)15(13)17(22)23/h10H,6-9,11H2,1-5H3,(H,20,24)(H,22,23). The van der Waals surface area contributed by atoms with Gasteiger partial charge in [0.2, 0.25) is 0 Å². The van der Waals surface area contributed by atoms with Gasteiger partial charge in [0.25, 0.3) is 0 Å². The number of amides is 1. The predicted octanol–water partition coefficient (Wildman–Crippen LogP) is 2.58. The second-order valence-corrected chi connectivity index (χ2v) is 7.33. The molecule has 1 aromatic rings. The predicted molar refractivity (Wildman–Crippen MR) is 102 cm³/mol. The summed E-state index contributed by atoms with van der Waals surface area (Å²) in [5, 5.41) is 12.3. The van der Waals surface area contributed by atoms with Crippen LogP contribution in [0.1, 0.15) is 36.7 Å². The van der Waals surface area contributed by atoms with Crippen molar-refractivity contribution in [1.82, 2.24) is 4.90 Å². The number of rotatable bonds is 6. The van der Waals surface area contributed by atoms with Crippen LogP contribution < -0.4 is 14.8 Å². The number of benzene rings is 1. The number of nitrogens with zero attached hydrogens (tertiary/aromatic N) is 1. The fourth-order valence-corrected chi connectivity index (χ4v) is 2.94. The molecule has 156 valence electrons. The minimum absolute atomic E-state index is 0.0428. The molecule has 1 heterocycles. The van der Waals surface area contributed by atoms with Gasteiger partial charge in [0, 0.05) is 25.7 Å². The second-order valence-electron chi connectivity index (χ2n) is 7.33. The maximum absolute atomic E-state index is 12.2. The number of hydrogen-bond donors (Lipinski definition) is 2. The van der Waals surface area contributed by atoms with Crippen LogP contribution in [0.25, 0.3) is 0 Å². The molecule has 28 heavy (non-hydrogen) atoms. The third-order valence-electron chi connectivity index (χ3n) is 4.10. The molecule has 0 aromatic heterocycles. The Kier molecular flexibility index (Phi) is 7.09. The molecule has 0 aliphatic carbocycles. The first-order valence-electron chi connectivity index (χ1n) is 8.97. The first-order chi connectivity index (χ1) is 13.2. The largest absolute Gasteiger partial charge is 0.496 e. The Morgan fingerprint density at radius 1 is 1.21 bits per heavy atom. The summed E-state index contributed by atoms with van der Waals surface area (Å²) >= 11 is 0. The van der Waals surface area contributed by atoms with Crippen LogP contribution in [0.4, 0.5) is 10.5 Å². The van der Waals surface area contributed by atoms with E-state index in [-0.39, 0.29) is 17.0 Å². The van der Waals surface area contributed by atoms with Crippen molar-refractivity contribution in [3.8, 4) is 11.5 Å². The first-order valence-corrected chi connectivity index (χ1v) is 8.97. The van der Waals surface area contributed by atoms with E-state index in [0.717, 1.165) is 0 Å². The van der Waals surface area contributed by atoms with Gasteiger partial charge < -0.3 is 24.1 Å². The Morgan fingerprint density at radius 3 is 2.36 bits per heavy atom. The zero-order valence-electron chi connectivity index (χ0n) is 17.0. The van der Waals surface area contributed by atoms with Crippen molar-refractivity contribution in [3.05, 3.63) is 17.2 Å². The minimum atomic E-state index is -1.23. The Bertz CT molecular complexity index is 722. The lowest BCUT2D eigenvalue weighted by Gasteiger charge is -2.28. The van der Waals surface area contributed by atoms with E-state index in [9.17, 15) is 14.7 Å². The fraction of sp³-hybridized carbons (Fsp3) is 0.579. The van der Waals surface area contributed by atoms with Gasteiger partial charge >= 0.3 is 12.1 Å². The van der Waals surface area contributed by atoms with Gasteiger partial charge in [0.1, 0.15) is 22.7 Å². The first kappa shape index (κ1) is 21.8. The van der Waals surface area contributed by atoms with Gasteiger partial charge in [0.05, 0.1) is 38.7 Å². The van der Waals surface area contributed by atoms with E-state index < -0.39 is 17.7 Å². The van der Waals surface area contributed by atoms with E-state index in [2.05, 4.69) is 10.2 Å². The number of nitrogens with one attached hydrogen (secondary N) is 1. The summed E-state index contributed by atoms with van der Waals surface area (Å²) in [6.45, 7) is 8.23. The minimum Gasteiger partial charge on any atom is -0.496 e. The van der Waals surface area contributed by atoms with Crippen LogP contribution in [0.2, 0.25) is 0 Å². The van der Waals surface area contributed by atoms with Crippen molar-refractivity contribution in [1.29, 1.82) is 0 Å². The maximum Gasteiger partial charge on any atom is 0.412 e.